The first kappa shape index (κ1) is 39.4. The summed E-state index contributed by atoms with van der Waals surface area (Å²) in [4.78, 5) is 24.9. The second-order valence-electron chi connectivity index (χ2n) is 12.0. The second-order valence-corrected chi connectivity index (χ2v) is 12.0. The van der Waals surface area contributed by atoms with E-state index in [-0.39, 0.29) is 12.3 Å². The summed E-state index contributed by atoms with van der Waals surface area (Å²) in [5.41, 5.74) is 5.34. The molecule has 0 saturated carbocycles. The molecule has 0 saturated heterocycles. The van der Waals surface area contributed by atoms with Gasteiger partial charge in [-0.2, -0.15) is 25.6 Å². The molecule has 0 aliphatic rings. The van der Waals surface area contributed by atoms with Crippen LogP contribution in [0.25, 0.3) is 0 Å². The number of benzene rings is 4. The van der Waals surface area contributed by atoms with Gasteiger partial charge in [-0.05, 0) is 118 Å². The van der Waals surface area contributed by atoms with Crippen LogP contribution in [-0.4, -0.2) is 45.4 Å². The predicted molar refractivity (Wildman–Crippen MR) is 203 cm³/mol. The van der Waals surface area contributed by atoms with Crippen molar-refractivity contribution < 1.29 is 28.2 Å². The molecular weight excluding hydrogens is 677 g/mol. The van der Waals surface area contributed by atoms with Gasteiger partial charge in [0.15, 0.2) is 5.82 Å². The van der Waals surface area contributed by atoms with Crippen molar-refractivity contribution in [3.63, 3.8) is 0 Å². The number of anilines is 1. The summed E-state index contributed by atoms with van der Waals surface area (Å²) in [5.74, 6) is -0.727. The summed E-state index contributed by atoms with van der Waals surface area (Å²) >= 11 is 0. The molecule has 0 N–H and O–H groups in total. The Kier molecular flexibility index (Phi) is 14.8. The minimum atomic E-state index is -0.588. The van der Waals surface area contributed by atoms with Gasteiger partial charge in [-0.3, -0.25) is 0 Å². The lowest BCUT2D eigenvalue weighted by Crippen LogP contribution is -2.23. The molecule has 0 heterocycles. The van der Waals surface area contributed by atoms with Crippen LogP contribution in [0.5, 0.6) is 5.75 Å². The maximum absolute atomic E-state index is 14.8. The number of ether oxygens (including phenoxy) is 3. The Morgan fingerprint density at radius 2 is 1.13 bits per heavy atom. The fourth-order valence-electron chi connectivity index (χ4n) is 4.38. The summed E-state index contributed by atoms with van der Waals surface area (Å²) in [6.07, 6.45) is 1.40. The molecule has 0 spiro atoms. The van der Waals surface area contributed by atoms with Gasteiger partial charge >= 0.3 is 11.9 Å². The fraction of sp³-hybridized carbons (Fsp3) is 0.250. The van der Waals surface area contributed by atoms with Gasteiger partial charge in [-0.1, -0.05) is 13.2 Å². The van der Waals surface area contributed by atoms with Crippen LogP contribution in [-0.2, 0) is 19.1 Å². The van der Waals surface area contributed by atoms with Gasteiger partial charge in [0.05, 0.1) is 48.2 Å². The highest BCUT2D eigenvalue weighted by atomic mass is 19.1. The molecule has 0 aromatic heterocycles. The molecule has 0 fully saturated rings. The first-order chi connectivity index (χ1) is 25.5. The molecule has 0 bridgehead atoms. The average Bonchev–Trinajstić information content (AvgIpc) is 3.15. The zero-order valence-electron chi connectivity index (χ0n) is 30.3. The summed E-state index contributed by atoms with van der Waals surface area (Å²) in [7, 11) is 1.91. The van der Waals surface area contributed by atoms with Gasteiger partial charge in [0.1, 0.15) is 18.0 Å². The summed E-state index contributed by atoms with van der Waals surface area (Å²) < 4.78 is 30.7. The van der Waals surface area contributed by atoms with Crippen molar-refractivity contribution in [2.75, 3.05) is 38.3 Å². The number of azo groups is 3. The lowest BCUT2D eigenvalue weighted by molar-refractivity contribution is -0.139. The van der Waals surface area contributed by atoms with Crippen LogP contribution in [0.1, 0.15) is 32.3 Å². The highest BCUT2D eigenvalue weighted by molar-refractivity contribution is 5.87. The van der Waals surface area contributed by atoms with Crippen molar-refractivity contribution in [2.45, 2.75) is 33.6 Å². The van der Waals surface area contributed by atoms with Crippen molar-refractivity contribution in [2.24, 2.45) is 30.7 Å². The van der Waals surface area contributed by atoms with Gasteiger partial charge in [0.2, 0.25) is 0 Å². The molecule has 0 amide bonds. The number of hydrogen-bond acceptors (Lipinski definition) is 12. The van der Waals surface area contributed by atoms with Gasteiger partial charge in [-0.15, -0.1) is 5.11 Å². The van der Waals surface area contributed by atoms with Crippen molar-refractivity contribution in [1.29, 1.82) is 0 Å². The number of carbonyl (C=O) groups is 2. The Morgan fingerprint density at radius 1 is 0.642 bits per heavy atom. The summed E-state index contributed by atoms with van der Waals surface area (Å²) in [5, 5.41) is 25.3. The number of aryl methyl sites for hydroxylation is 1. The van der Waals surface area contributed by atoms with E-state index in [0.717, 1.165) is 17.7 Å². The molecule has 4 aromatic carbocycles. The molecule has 53 heavy (non-hydrogen) atoms. The topological polar surface area (TPSA) is 139 Å². The maximum atomic E-state index is 14.8. The fourth-order valence-corrected chi connectivity index (χ4v) is 4.38. The summed E-state index contributed by atoms with van der Waals surface area (Å²) in [6.45, 7) is 13.8. The molecule has 13 heteroatoms. The molecule has 12 nitrogen and oxygen atoms in total. The van der Waals surface area contributed by atoms with Crippen LogP contribution in [0.3, 0.4) is 0 Å². The first-order valence-corrected chi connectivity index (χ1v) is 16.8. The lowest BCUT2D eigenvalue weighted by atomic mass is 10.2. The van der Waals surface area contributed by atoms with Crippen molar-refractivity contribution in [3.8, 4) is 5.75 Å². The van der Waals surface area contributed by atoms with Crippen LogP contribution in [0.4, 0.5) is 44.2 Å². The molecule has 4 aromatic rings. The predicted octanol–water partition coefficient (Wildman–Crippen LogP) is 11.2. The normalized spacial score (nSPS) is 11.3. The van der Waals surface area contributed by atoms with Crippen molar-refractivity contribution in [1.82, 2.24) is 0 Å². The van der Waals surface area contributed by atoms with Gasteiger partial charge in [0, 0.05) is 29.9 Å². The molecule has 274 valence electrons. The third-order valence-corrected chi connectivity index (χ3v) is 7.46. The number of hydrogen-bond donors (Lipinski definition) is 0. The number of carbonyl (C=O) groups excluding carboxylic acids is 2. The standard InChI is InChI=1S/C40H42FN7O5/c1-27(2)39(49)52-23-8-7-22-51-35-17-11-31(12-18-35)43-47-38-20-14-33(26-36(38)41)45-46-37-19-13-32(25-29(37)5)44-42-30-9-15-34(16-10-30)48(6)21-24-53-40(50)28(3)4/h9-20,25-26H,1,3,7-8,21-24H2,2,4-6H3. The zero-order valence-corrected chi connectivity index (χ0v) is 30.3. The van der Waals surface area contributed by atoms with E-state index in [1.54, 1.807) is 56.3 Å². The van der Waals surface area contributed by atoms with Crippen LogP contribution >= 0.6 is 0 Å². The van der Waals surface area contributed by atoms with Crippen molar-refractivity contribution >= 4 is 51.8 Å². The lowest BCUT2D eigenvalue weighted by Gasteiger charge is -2.19. The van der Waals surface area contributed by atoms with Gasteiger partial charge < -0.3 is 19.1 Å². The first-order valence-electron chi connectivity index (χ1n) is 16.8. The zero-order chi connectivity index (χ0) is 38.2. The van der Waals surface area contributed by atoms with E-state index < -0.39 is 17.8 Å². The van der Waals surface area contributed by atoms with Crippen molar-refractivity contribution in [3.05, 3.63) is 121 Å². The van der Waals surface area contributed by atoms with E-state index in [1.807, 2.05) is 49.2 Å². The largest absolute Gasteiger partial charge is 0.494 e. The van der Waals surface area contributed by atoms with Crippen LogP contribution in [0.2, 0.25) is 0 Å². The highest BCUT2D eigenvalue weighted by Crippen LogP contribution is 2.30. The van der Waals surface area contributed by atoms with E-state index in [4.69, 9.17) is 14.2 Å². The quantitative estimate of drug-likeness (QED) is 0.0434. The number of unbranched alkanes of at least 4 members (excludes halogenated alkanes) is 1. The van der Waals surface area contributed by atoms with Gasteiger partial charge in [-0.25, -0.2) is 14.0 Å². The van der Waals surface area contributed by atoms with E-state index in [9.17, 15) is 14.0 Å². The molecule has 0 unspecified atom stereocenters. The summed E-state index contributed by atoms with van der Waals surface area (Å²) in [6, 6.07) is 24.2. The maximum Gasteiger partial charge on any atom is 0.333 e. The van der Waals surface area contributed by atoms with E-state index in [2.05, 4.69) is 43.8 Å². The Labute approximate surface area is 308 Å². The molecule has 0 aliphatic carbocycles. The second kappa shape index (κ2) is 19.9. The minimum absolute atomic E-state index is 0.0609. The van der Waals surface area contributed by atoms with Crippen LogP contribution in [0, 0.1) is 12.7 Å². The van der Waals surface area contributed by atoms with Gasteiger partial charge in [0.25, 0.3) is 0 Å². The van der Waals surface area contributed by atoms with E-state index in [1.165, 1.54) is 12.1 Å². The molecule has 4 rings (SSSR count). The highest BCUT2D eigenvalue weighted by Gasteiger charge is 2.07. The molecular formula is C40H42FN7O5. The smallest absolute Gasteiger partial charge is 0.333 e. The SMILES string of the molecule is C=C(C)C(=O)OCCCCOc1ccc(N=Nc2ccc(N=Nc3ccc(N=Nc4ccc(N(C)CCOC(=O)C(=C)C)cc4)cc3C)cc2F)cc1. The number of likely N-dealkylation sites (N-methyl/N-ethyl adjacent to an activating group) is 1. The van der Waals surface area contributed by atoms with Crippen LogP contribution in [0.15, 0.2) is 140 Å². The number of rotatable bonds is 18. The monoisotopic (exact) mass is 719 g/mol. The number of halogens is 1. The average molecular weight is 720 g/mol. The Balaban J connectivity index is 1.24. The van der Waals surface area contributed by atoms with E-state index >= 15 is 0 Å². The number of esters is 2. The van der Waals surface area contributed by atoms with Crippen LogP contribution < -0.4 is 9.64 Å². The molecule has 0 aliphatic heterocycles. The third kappa shape index (κ3) is 13.0. The molecule has 0 atom stereocenters. The third-order valence-electron chi connectivity index (χ3n) is 7.46. The Hall–Kier alpha value is -6.37. The Morgan fingerprint density at radius 3 is 1.75 bits per heavy atom. The molecule has 0 radical (unpaired) electrons. The van der Waals surface area contributed by atoms with E-state index in [0.29, 0.717) is 71.5 Å². The Bertz CT molecular complexity index is 1990. The number of nitrogens with zero attached hydrogens (tertiary/aromatic N) is 7. The minimum Gasteiger partial charge on any atom is -0.494 e.